The van der Waals surface area contributed by atoms with Crippen molar-refractivity contribution in [2.75, 3.05) is 46.4 Å². The molecule has 2 unspecified atom stereocenters. The maximum atomic E-state index is 12.1. The van der Waals surface area contributed by atoms with Crippen LogP contribution in [0.2, 0.25) is 0 Å². The van der Waals surface area contributed by atoms with Crippen LogP contribution in [0.3, 0.4) is 0 Å². The number of likely N-dealkylation sites (tertiary alicyclic amines) is 2. The zero-order valence-corrected chi connectivity index (χ0v) is 22.8. The molecule has 1 aromatic rings. The predicted octanol–water partition coefficient (Wildman–Crippen LogP) is 3.80. The van der Waals surface area contributed by atoms with Gasteiger partial charge in [0.05, 0.1) is 19.7 Å². The molecule has 0 aliphatic carbocycles. The maximum absolute atomic E-state index is 12.1. The molecule has 186 valence electrons. The van der Waals surface area contributed by atoms with Crippen LogP contribution < -0.4 is 15.4 Å². The van der Waals surface area contributed by atoms with Crippen LogP contribution in [-0.2, 0) is 4.79 Å². The third-order valence-electron chi connectivity index (χ3n) is 6.64. The van der Waals surface area contributed by atoms with E-state index in [1.807, 2.05) is 12.1 Å². The Morgan fingerprint density at radius 1 is 1.12 bits per heavy atom. The van der Waals surface area contributed by atoms with Crippen LogP contribution >= 0.6 is 24.0 Å². The Labute approximate surface area is 216 Å². The molecule has 2 atom stereocenters. The summed E-state index contributed by atoms with van der Waals surface area (Å²) in [6.07, 6.45) is 6.10. The summed E-state index contributed by atoms with van der Waals surface area (Å²) in [5.74, 6) is 2.08. The van der Waals surface area contributed by atoms with Crippen LogP contribution in [0.25, 0.3) is 0 Å². The maximum Gasteiger partial charge on any atom is 0.222 e. The molecule has 0 aromatic heterocycles. The Morgan fingerprint density at radius 2 is 1.88 bits per heavy atom. The van der Waals surface area contributed by atoms with Crippen molar-refractivity contribution in [3.05, 3.63) is 29.8 Å². The lowest BCUT2D eigenvalue weighted by atomic mass is 10.0. The average Bonchev–Trinajstić information content (AvgIpc) is 3.49. The van der Waals surface area contributed by atoms with Crippen molar-refractivity contribution in [1.82, 2.24) is 20.4 Å². The molecule has 2 N–H and O–H groups in total. The molecule has 1 amide bonds. The van der Waals surface area contributed by atoms with Gasteiger partial charge in [0.1, 0.15) is 5.75 Å². The van der Waals surface area contributed by atoms with E-state index < -0.39 is 0 Å². The van der Waals surface area contributed by atoms with Gasteiger partial charge in [-0.05, 0) is 58.2 Å². The number of para-hydroxylation sites is 1. The normalized spacial score (nSPS) is 18.7. The van der Waals surface area contributed by atoms with Crippen molar-refractivity contribution in [2.45, 2.75) is 64.5 Å². The highest BCUT2D eigenvalue weighted by molar-refractivity contribution is 14.0. The van der Waals surface area contributed by atoms with Crippen LogP contribution in [-0.4, -0.2) is 74.1 Å². The lowest BCUT2D eigenvalue weighted by Gasteiger charge is -2.28. The van der Waals surface area contributed by atoms with Gasteiger partial charge in [-0.2, -0.15) is 0 Å². The Morgan fingerprint density at radius 3 is 2.52 bits per heavy atom. The summed E-state index contributed by atoms with van der Waals surface area (Å²) in [5.41, 5.74) is 1.20. The number of carbonyl (C=O) groups excluding carboxylic acids is 1. The highest BCUT2D eigenvalue weighted by Crippen LogP contribution is 2.31. The van der Waals surface area contributed by atoms with Crippen LogP contribution in [0.4, 0.5) is 0 Å². The molecule has 1 aromatic carbocycles. The second-order valence-corrected chi connectivity index (χ2v) is 8.69. The number of nitrogens with one attached hydrogen (secondary N) is 2. The first-order chi connectivity index (χ1) is 15.7. The first kappa shape index (κ1) is 27.7. The second kappa shape index (κ2) is 14.7. The zero-order chi connectivity index (χ0) is 22.8. The van der Waals surface area contributed by atoms with Crippen molar-refractivity contribution >= 4 is 35.8 Å². The molecule has 2 fully saturated rings. The predicted molar refractivity (Wildman–Crippen MR) is 146 cm³/mol. The summed E-state index contributed by atoms with van der Waals surface area (Å²) in [6.45, 7) is 9.67. The van der Waals surface area contributed by atoms with Crippen molar-refractivity contribution in [3.63, 3.8) is 0 Å². The van der Waals surface area contributed by atoms with Gasteiger partial charge in [-0.3, -0.25) is 14.7 Å². The van der Waals surface area contributed by atoms with E-state index in [-0.39, 0.29) is 30.0 Å². The highest BCUT2D eigenvalue weighted by Gasteiger charge is 2.27. The minimum atomic E-state index is 0. The Bertz CT molecular complexity index is 754. The fraction of sp³-hybridized carbons (Fsp3) is 0.680. The largest absolute Gasteiger partial charge is 0.496 e. The highest BCUT2D eigenvalue weighted by atomic mass is 127. The standard InChI is InChI=1S/C25H41N5O2.HI/c1-4-20(30-18-10-13-24(30)31)14-15-27-25(26-5-2)28-19-22(29-16-8-9-17-29)21-11-6-7-12-23(21)32-3;/h6-7,11-12,20,22H,4-5,8-10,13-19H2,1-3H3,(H2,26,27,28);1H. The zero-order valence-electron chi connectivity index (χ0n) is 20.5. The molecule has 7 nitrogen and oxygen atoms in total. The fourth-order valence-electron chi connectivity index (χ4n) is 4.92. The van der Waals surface area contributed by atoms with Crippen LogP contribution in [0.15, 0.2) is 29.3 Å². The fourth-order valence-corrected chi connectivity index (χ4v) is 4.92. The molecule has 2 saturated heterocycles. The smallest absolute Gasteiger partial charge is 0.222 e. The van der Waals surface area contributed by atoms with E-state index in [1.54, 1.807) is 7.11 Å². The molecule has 0 saturated carbocycles. The second-order valence-electron chi connectivity index (χ2n) is 8.69. The van der Waals surface area contributed by atoms with Gasteiger partial charge in [-0.15, -0.1) is 24.0 Å². The Balaban J connectivity index is 0.00000385. The van der Waals surface area contributed by atoms with Gasteiger partial charge in [0.2, 0.25) is 5.91 Å². The van der Waals surface area contributed by atoms with Crippen LogP contribution in [0.1, 0.15) is 64.0 Å². The van der Waals surface area contributed by atoms with Crippen molar-refractivity contribution in [1.29, 1.82) is 0 Å². The number of ether oxygens (including phenoxy) is 1. The lowest BCUT2D eigenvalue weighted by molar-refractivity contribution is -0.129. The number of nitrogens with zero attached hydrogens (tertiary/aromatic N) is 3. The molecule has 33 heavy (non-hydrogen) atoms. The minimum absolute atomic E-state index is 0. The van der Waals surface area contributed by atoms with Crippen molar-refractivity contribution in [2.24, 2.45) is 4.99 Å². The molecule has 2 heterocycles. The number of hydrogen-bond acceptors (Lipinski definition) is 4. The molecular weight excluding hydrogens is 529 g/mol. The number of methoxy groups -OCH3 is 1. The Hall–Kier alpha value is -1.55. The number of benzene rings is 1. The van der Waals surface area contributed by atoms with Gasteiger partial charge < -0.3 is 20.3 Å². The minimum Gasteiger partial charge on any atom is -0.496 e. The van der Waals surface area contributed by atoms with E-state index in [2.05, 4.69) is 46.4 Å². The van der Waals surface area contributed by atoms with Gasteiger partial charge in [0.25, 0.3) is 0 Å². The average molecular weight is 572 g/mol. The third kappa shape index (κ3) is 7.73. The molecule has 3 rings (SSSR count). The SMILES string of the molecule is CCNC(=NCC(c1ccccc1OC)N1CCCC1)NCCC(CC)N1CCCC1=O.I. The summed E-state index contributed by atoms with van der Waals surface area (Å²) in [7, 11) is 1.74. The third-order valence-corrected chi connectivity index (χ3v) is 6.64. The van der Waals surface area contributed by atoms with Gasteiger partial charge in [-0.1, -0.05) is 25.1 Å². The molecule has 2 aliphatic heterocycles. The number of halogens is 1. The van der Waals surface area contributed by atoms with Crippen LogP contribution in [0.5, 0.6) is 5.75 Å². The van der Waals surface area contributed by atoms with Crippen molar-refractivity contribution in [3.8, 4) is 5.75 Å². The van der Waals surface area contributed by atoms with E-state index in [0.717, 1.165) is 63.7 Å². The van der Waals surface area contributed by atoms with Gasteiger partial charge in [0, 0.05) is 37.7 Å². The summed E-state index contributed by atoms with van der Waals surface area (Å²) < 4.78 is 5.66. The molecule has 0 spiro atoms. The summed E-state index contributed by atoms with van der Waals surface area (Å²) in [5, 5.41) is 6.89. The number of rotatable bonds is 11. The van der Waals surface area contributed by atoms with E-state index in [4.69, 9.17) is 9.73 Å². The molecular formula is C25H42IN5O2. The van der Waals surface area contributed by atoms with Crippen molar-refractivity contribution < 1.29 is 9.53 Å². The van der Waals surface area contributed by atoms with Gasteiger partial charge >= 0.3 is 0 Å². The van der Waals surface area contributed by atoms with E-state index in [9.17, 15) is 4.79 Å². The van der Waals surface area contributed by atoms with Crippen LogP contribution in [0, 0.1) is 0 Å². The first-order valence-corrected chi connectivity index (χ1v) is 12.4. The number of amides is 1. The molecule has 2 aliphatic rings. The van der Waals surface area contributed by atoms with E-state index >= 15 is 0 Å². The van der Waals surface area contributed by atoms with E-state index in [0.29, 0.717) is 24.9 Å². The molecule has 0 bridgehead atoms. The van der Waals surface area contributed by atoms with Gasteiger partial charge in [-0.25, -0.2) is 0 Å². The van der Waals surface area contributed by atoms with E-state index in [1.165, 1.54) is 18.4 Å². The summed E-state index contributed by atoms with van der Waals surface area (Å²) in [6, 6.07) is 8.82. The summed E-state index contributed by atoms with van der Waals surface area (Å²) >= 11 is 0. The lowest BCUT2D eigenvalue weighted by Crippen LogP contribution is -2.42. The number of guanidine groups is 1. The number of aliphatic imine (C=N–C) groups is 1. The number of carbonyl (C=O) groups is 1. The monoisotopic (exact) mass is 571 g/mol. The first-order valence-electron chi connectivity index (χ1n) is 12.4. The number of hydrogen-bond donors (Lipinski definition) is 2. The topological polar surface area (TPSA) is 69.2 Å². The van der Waals surface area contributed by atoms with Gasteiger partial charge in [0.15, 0.2) is 5.96 Å². The molecule has 0 radical (unpaired) electrons. The Kier molecular flexibility index (Phi) is 12.3. The quantitative estimate of drug-likeness (QED) is 0.240. The molecule has 8 heteroatoms. The summed E-state index contributed by atoms with van der Waals surface area (Å²) in [4.78, 5) is 21.7.